The third-order valence-electron chi connectivity index (χ3n) is 3.22. The van der Waals surface area contributed by atoms with E-state index in [0.717, 1.165) is 13.1 Å². The fraction of sp³-hybridized carbons (Fsp3) is 0.900. The molecule has 0 aromatic carbocycles. The van der Waals surface area contributed by atoms with E-state index in [1.165, 1.54) is 12.8 Å². The van der Waals surface area contributed by atoms with Crippen LogP contribution in [-0.2, 0) is 4.79 Å². The van der Waals surface area contributed by atoms with E-state index in [0.29, 0.717) is 11.7 Å². The quantitative estimate of drug-likeness (QED) is 0.680. The predicted molar refractivity (Wildman–Crippen MR) is 50.1 cm³/mol. The summed E-state index contributed by atoms with van der Waals surface area (Å²) in [7, 11) is 0. The van der Waals surface area contributed by atoms with Gasteiger partial charge in [-0.15, -0.1) is 0 Å². The van der Waals surface area contributed by atoms with E-state index in [1.807, 2.05) is 0 Å². The van der Waals surface area contributed by atoms with Crippen LogP contribution >= 0.6 is 0 Å². The summed E-state index contributed by atoms with van der Waals surface area (Å²) in [6.07, 6.45) is 2.40. The van der Waals surface area contributed by atoms with Gasteiger partial charge in [-0.25, -0.2) is 0 Å². The Morgan fingerprint density at radius 3 is 2.58 bits per heavy atom. The van der Waals surface area contributed by atoms with Crippen molar-refractivity contribution in [3.63, 3.8) is 0 Å². The van der Waals surface area contributed by atoms with Crippen molar-refractivity contribution in [1.29, 1.82) is 0 Å². The van der Waals surface area contributed by atoms with E-state index in [-0.39, 0.29) is 5.41 Å². The molecule has 70 valence electrons. The second-order valence-electron chi connectivity index (χ2n) is 4.32. The normalized spacial score (nSPS) is 25.4. The van der Waals surface area contributed by atoms with E-state index < -0.39 is 0 Å². The summed E-state index contributed by atoms with van der Waals surface area (Å²) in [4.78, 5) is 11.3. The van der Waals surface area contributed by atoms with Crippen molar-refractivity contribution >= 4 is 5.78 Å². The van der Waals surface area contributed by atoms with Crippen LogP contribution in [-0.4, -0.2) is 18.9 Å². The van der Waals surface area contributed by atoms with Crippen molar-refractivity contribution in [2.24, 2.45) is 11.3 Å². The van der Waals surface area contributed by atoms with Crippen molar-refractivity contribution in [3.8, 4) is 0 Å². The zero-order valence-electron chi connectivity index (χ0n) is 8.31. The zero-order valence-corrected chi connectivity index (χ0v) is 8.31. The largest absolute Gasteiger partial charge is 0.316 e. The van der Waals surface area contributed by atoms with Crippen molar-refractivity contribution in [3.05, 3.63) is 0 Å². The number of nitrogens with one attached hydrogen (secondary N) is 1. The van der Waals surface area contributed by atoms with E-state index in [1.54, 1.807) is 6.92 Å². The first-order valence-corrected chi connectivity index (χ1v) is 4.77. The number of rotatable bonds is 2. The lowest BCUT2D eigenvalue weighted by atomic mass is 9.72. The van der Waals surface area contributed by atoms with Crippen LogP contribution in [0.1, 0.15) is 33.6 Å². The molecule has 0 radical (unpaired) electrons. The molecule has 1 atom stereocenters. The Labute approximate surface area is 74.7 Å². The van der Waals surface area contributed by atoms with Crippen LogP contribution < -0.4 is 5.32 Å². The first-order valence-electron chi connectivity index (χ1n) is 4.77. The van der Waals surface area contributed by atoms with Crippen LogP contribution in [0.2, 0.25) is 0 Å². The number of ketones is 1. The lowest BCUT2D eigenvalue weighted by Crippen LogP contribution is -2.41. The topological polar surface area (TPSA) is 29.1 Å². The Kier molecular flexibility index (Phi) is 2.89. The Bertz CT molecular complexity index is 169. The highest BCUT2D eigenvalue weighted by Gasteiger charge is 2.34. The van der Waals surface area contributed by atoms with Gasteiger partial charge in [-0.05, 0) is 38.8 Å². The summed E-state index contributed by atoms with van der Waals surface area (Å²) in [6, 6.07) is 0. The van der Waals surface area contributed by atoms with Gasteiger partial charge in [-0.2, -0.15) is 0 Å². The number of Topliss-reactive ketones (excluding diaryl/α,β-unsaturated/α-hetero) is 1. The summed E-state index contributed by atoms with van der Waals surface area (Å²) in [6.45, 7) is 7.95. The summed E-state index contributed by atoms with van der Waals surface area (Å²) in [5, 5.41) is 3.34. The average molecular weight is 169 g/mol. The minimum atomic E-state index is -0.132. The maximum Gasteiger partial charge on any atom is 0.135 e. The van der Waals surface area contributed by atoms with E-state index >= 15 is 0 Å². The van der Waals surface area contributed by atoms with Gasteiger partial charge in [0.05, 0.1) is 0 Å². The molecule has 1 aliphatic heterocycles. The van der Waals surface area contributed by atoms with Crippen LogP contribution in [0.15, 0.2) is 0 Å². The maximum absolute atomic E-state index is 11.3. The molecule has 0 amide bonds. The van der Waals surface area contributed by atoms with Gasteiger partial charge in [0.2, 0.25) is 0 Å². The standard InChI is InChI=1S/C10H19NO/c1-8(12)10(2,3)9-5-4-6-11-7-9/h9,11H,4-7H2,1-3H3/t9-/m0/s1. The van der Waals surface area contributed by atoms with Gasteiger partial charge in [0.15, 0.2) is 0 Å². The molecule has 0 aromatic rings. The third-order valence-corrected chi connectivity index (χ3v) is 3.22. The van der Waals surface area contributed by atoms with Gasteiger partial charge >= 0.3 is 0 Å². The molecule has 1 saturated heterocycles. The van der Waals surface area contributed by atoms with Gasteiger partial charge in [0.1, 0.15) is 5.78 Å². The zero-order chi connectivity index (χ0) is 9.19. The fourth-order valence-electron chi connectivity index (χ4n) is 1.76. The summed E-state index contributed by atoms with van der Waals surface area (Å²) in [5.41, 5.74) is -0.132. The molecule has 12 heavy (non-hydrogen) atoms. The predicted octanol–water partition coefficient (Wildman–Crippen LogP) is 1.60. The third kappa shape index (κ3) is 1.86. The van der Waals surface area contributed by atoms with Crippen molar-refractivity contribution in [2.75, 3.05) is 13.1 Å². The molecule has 1 N–H and O–H groups in total. The molecule has 0 spiro atoms. The average Bonchev–Trinajstić information content (AvgIpc) is 2.06. The molecular formula is C10H19NO. The molecule has 2 nitrogen and oxygen atoms in total. The van der Waals surface area contributed by atoms with Crippen LogP contribution in [0.4, 0.5) is 0 Å². The molecule has 1 rings (SSSR count). The van der Waals surface area contributed by atoms with E-state index in [9.17, 15) is 4.79 Å². The highest BCUT2D eigenvalue weighted by molar-refractivity contribution is 5.81. The SMILES string of the molecule is CC(=O)C(C)(C)[C@H]1CCCNC1. The second-order valence-corrected chi connectivity index (χ2v) is 4.32. The van der Waals surface area contributed by atoms with Crippen LogP contribution in [0.3, 0.4) is 0 Å². The molecular weight excluding hydrogens is 150 g/mol. The summed E-state index contributed by atoms with van der Waals surface area (Å²) >= 11 is 0. The van der Waals surface area contributed by atoms with Crippen LogP contribution in [0.25, 0.3) is 0 Å². The molecule has 0 bridgehead atoms. The molecule has 1 aliphatic rings. The van der Waals surface area contributed by atoms with Gasteiger partial charge in [0.25, 0.3) is 0 Å². The maximum atomic E-state index is 11.3. The summed E-state index contributed by atoms with van der Waals surface area (Å²) in [5.74, 6) is 0.847. The molecule has 0 saturated carbocycles. The number of hydrogen-bond donors (Lipinski definition) is 1. The van der Waals surface area contributed by atoms with Crippen molar-refractivity contribution in [1.82, 2.24) is 5.32 Å². The van der Waals surface area contributed by atoms with Crippen molar-refractivity contribution < 1.29 is 4.79 Å². The van der Waals surface area contributed by atoms with Gasteiger partial charge in [0, 0.05) is 5.41 Å². The Balaban J connectivity index is 2.59. The Hall–Kier alpha value is -0.370. The van der Waals surface area contributed by atoms with Gasteiger partial charge in [-0.1, -0.05) is 13.8 Å². The monoisotopic (exact) mass is 169 g/mol. The number of hydrogen-bond acceptors (Lipinski definition) is 2. The number of carbonyl (C=O) groups excluding carboxylic acids is 1. The Morgan fingerprint density at radius 1 is 1.50 bits per heavy atom. The van der Waals surface area contributed by atoms with E-state index in [2.05, 4.69) is 19.2 Å². The fourth-order valence-corrected chi connectivity index (χ4v) is 1.76. The lowest BCUT2D eigenvalue weighted by molar-refractivity contribution is -0.127. The van der Waals surface area contributed by atoms with Gasteiger partial charge < -0.3 is 5.32 Å². The number of piperidine rings is 1. The minimum Gasteiger partial charge on any atom is -0.316 e. The van der Waals surface area contributed by atoms with Crippen LogP contribution in [0.5, 0.6) is 0 Å². The summed E-state index contributed by atoms with van der Waals surface area (Å²) < 4.78 is 0. The molecule has 2 heteroatoms. The number of carbonyl (C=O) groups is 1. The first-order chi connectivity index (χ1) is 5.55. The molecule has 0 unspecified atom stereocenters. The van der Waals surface area contributed by atoms with E-state index in [4.69, 9.17) is 0 Å². The highest BCUT2D eigenvalue weighted by atomic mass is 16.1. The molecule has 1 heterocycles. The second kappa shape index (κ2) is 3.56. The Morgan fingerprint density at radius 2 is 2.17 bits per heavy atom. The van der Waals surface area contributed by atoms with Gasteiger partial charge in [-0.3, -0.25) is 4.79 Å². The lowest BCUT2D eigenvalue weighted by Gasteiger charge is -2.35. The molecule has 0 aromatic heterocycles. The molecule has 1 fully saturated rings. The highest BCUT2D eigenvalue weighted by Crippen LogP contribution is 2.32. The smallest absolute Gasteiger partial charge is 0.135 e. The molecule has 0 aliphatic carbocycles. The van der Waals surface area contributed by atoms with Crippen molar-refractivity contribution in [2.45, 2.75) is 33.6 Å². The minimum absolute atomic E-state index is 0.132. The van der Waals surface area contributed by atoms with Crippen LogP contribution in [0, 0.1) is 11.3 Å². The first kappa shape index (κ1) is 9.72.